The zero-order chi connectivity index (χ0) is 23.3. The van der Waals surface area contributed by atoms with Crippen LogP contribution in [-0.4, -0.2) is 37.9 Å². The van der Waals surface area contributed by atoms with E-state index in [4.69, 9.17) is 4.74 Å². The van der Waals surface area contributed by atoms with Crippen molar-refractivity contribution in [3.05, 3.63) is 74.5 Å². The van der Waals surface area contributed by atoms with Gasteiger partial charge in [-0.25, -0.2) is 4.98 Å². The molecule has 0 spiro atoms. The highest BCUT2D eigenvalue weighted by Crippen LogP contribution is 2.52. The SMILES string of the molecule is O=C1[C@@H]2[C@H](C(=O)N1N=Cc1cccc([N+](=O)[O-])c1Oc1ccc([N+](=O)[O-])cn1)[C@H]1C=C[C@H]2C1. The fourth-order valence-electron chi connectivity index (χ4n) is 4.66. The molecule has 1 aromatic heterocycles. The van der Waals surface area contributed by atoms with Gasteiger partial charge in [0, 0.05) is 23.8 Å². The molecule has 1 aromatic carbocycles. The highest BCUT2D eigenvalue weighted by molar-refractivity contribution is 6.07. The van der Waals surface area contributed by atoms with E-state index in [1.165, 1.54) is 24.3 Å². The number of carbonyl (C=O) groups is 2. The Morgan fingerprint density at radius 3 is 2.30 bits per heavy atom. The van der Waals surface area contributed by atoms with Gasteiger partial charge >= 0.3 is 5.69 Å². The number of rotatable bonds is 6. The number of amides is 2. The van der Waals surface area contributed by atoms with Crippen molar-refractivity contribution in [2.75, 3.05) is 0 Å². The van der Waals surface area contributed by atoms with Crippen molar-refractivity contribution in [2.45, 2.75) is 6.42 Å². The number of hydrogen-bond donors (Lipinski definition) is 0. The molecular weight excluding hydrogens is 434 g/mol. The second kappa shape index (κ2) is 7.58. The largest absolute Gasteiger partial charge is 0.431 e. The van der Waals surface area contributed by atoms with E-state index in [9.17, 15) is 29.8 Å². The monoisotopic (exact) mass is 449 g/mol. The average Bonchev–Trinajstić information content (AvgIpc) is 3.47. The van der Waals surface area contributed by atoms with E-state index in [1.807, 2.05) is 12.2 Å². The van der Waals surface area contributed by atoms with Crippen LogP contribution in [0.15, 0.2) is 53.8 Å². The van der Waals surface area contributed by atoms with E-state index in [0.29, 0.717) is 0 Å². The molecule has 0 radical (unpaired) electrons. The molecule has 2 aromatic rings. The number of carbonyl (C=O) groups excluding carboxylic acids is 2. The van der Waals surface area contributed by atoms with Crippen molar-refractivity contribution in [1.82, 2.24) is 9.99 Å². The number of para-hydroxylation sites is 1. The molecule has 1 saturated carbocycles. The molecule has 2 bridgehead atoms. The van der Waals surface area contributed by atoms with Crippen LogP contribution in [0.3, 0.4) is 0 Å². The number of benzene rings is 1. The van der Waals surface area contributed by atoms with E-state index >= 15 is 0 Å². The number of hydrogen-bond acceptors (Lipinski definition) is 9. The predicted octanol–water partition coefficient (Wildman–Crippen LogP) is 2.83. The Balaban J connectivity index is 1.45. The molecule has 2 heterocycles. The van der Waals surface area contributed by atoms with Crippen LogP contribution in [-0.2, 0) is 9.59 Å². The highest BCUT2D eigenvalue weighted by atomic mass is 16.6. The topological polar surface area (TPSA) is 158 Å². The Bertz CT molecular complexity index is 1230. The Morgan fingerprint density at radius 1 is 1.03 bits per heavy atom. The number of aromatic nitrogens is 1. The number of allylic oxidation sites excluding steroid dienone is 2. The summed E-state index contributed by atoms with van der Waals surface area (Å²) in [5, 5.41) is 27.2. The summed E-state index contributed by atoms with van der Waals surface area (Å²) in [6.07, 6.45) is 6.83. The molecule has 33 heavy (non-hydrogen) atoms. The minimum Gasteiger partial charge on any atom is -0.431 e. The molecule has 1 aliphatic heterocycles. The second-order valence-corrected chi connectivity index (χ2v) is 7.90. The van der Waals surface area contributed by atoms with Crippen molar-refractivity contribution >= 4 is 29.4 Å². The summed E-state index contributed by atoms with van der Waals surface area (Å²) < 4.78 is 5.56. The van der Waals surface area contributed by atoms with Crippen LogP contribution in [0.25, 0.3) is 0 Å². The molecular formula is C21H15N5O7. The molecule has 4 atom stereocenters. The third-order valence-corrected chi connectivity index (χ3v) is 6.12. The van der Waals surface area contributed by atoms with Gasteiger partial charge in [0.25, 0.3) is 17.5 Å². The van der Waals surface area contributed by atoms with Gasteiger partial charge in [-0.15, -0.1) is 0 Å². The first-order valence-electron chi connectivity index (χ1n) is 10.0. The molecule has 2 aliphatic carbocycles. The molecule has 2 fully saturated rings. The summed E-state index contributed by atoms with van der Waals surface area (Å²) in [5.41, 5.74) is -0.549. The molecule has 0 N–H and O–H groups in total. The molecule has 12 heteroatoms. The minimum atomic E-state index is -0.669. The summed E-state index contributed by atoms with van der Waals surface area (Å²) in [4.78, 5) is 50.4. The fourth-order valence-corrected chi connectivity index (χ4v) is 4.66. The number of fused-ring (bicyclic) bond motifs is 5. The van der Waals surface area contributed by atoms with Crippen molar-refractivity contribution in [2.24, 2.45) is 28.8 Å². The van der Waals surface area contributed by atoms with Gasteiger partial charge in [0.1, 0.15) is 6.20 Å². The summed E-state index contributed by atoms with van der Waals surface area (Å²) in [5.74, 6) is -1.90. The standard InChI is InChI=1S/C21H15N5O7/c27-20-17-11-4-5-12(8-11)18(17)21(28)24(20)23-9-13-2-1-3-15(26(31)32)19(13)33-16-7-6-14(10-22-16)25(29)30/h1-7,9-12,17-18H,8H2/t11-,12-,17-,18+/m0/s1. The Kier molecular flexibility index (Phi) is 4.69. The molecule has 3 aliphatic rings. The fraction of sp³-hybridized carbons (Fsp3) is 0.238. The highest BCUT2D eigenvalue weighted by Gasteiger charge is 2.59. The lowest BCUT2D eigenvalue weighted by Gasteiger charge is -2.13. The molecule has 2 amide bonds. The predicted molar refractivity (Wildman–Crippen MR) is 111 cm³/mol. The Labute approximate surface area is 185 Å². The first kappa shape index (κ1) is 20.4. The number of nitro benzene ring substituents is 1. The number of nitro groups is 2. The molecule has 166 valence electrons. The quantitative estimate of drug-likeness (QED) is 0.214. The number of ether oxygens (including phenoxy) is 1. The van der Waals surface area contributed by atoms with E-state index in [1.54, 1.807) is 0 Å². The minimum absolute atomic E-state index is 0.0292. The maximum Gasteiger partial charge on any atom is 0.312 e. The lowest BCUT2D eigenvalue weighted by atomic mass is 9.85. The van der Waals surface area contributed by atoms with Crippen LogP contribution in [0.2, 0.25) is 0 Å². The maximum absolute atomic E-state index is 12.8. The van der Waals surface area contributed by atoms with Crippen LogP contribution >= 0.6 is 0 Å². The zero-order valence-corrected chi connectivity index (χ0v) is 16.8. The summed E-state index contributed by atoms with van der Waals surface area (Å²) in [7, 11) is 0. The van der Waals surface area contributed by atoms with Crippen molar-refractivity contribution in [3.63, 3.8) is 0 Å². The molecule has 1 saturated heterocycles. The third kappa shape index (κ3) is 3.32. The Morgan fingerprint density at radius 2 is 1.73 bits per heavy atom. The molecule has 12 nitrogen and oxygen atoms in total. The van der Waals surface area contributed by atoms with Gasteiger partial charge in [0.05, 0.1) is 27.9 Å². The van der Waals surface area contributed by atoms with Crippen LogP contribution in [0.5, 0.6) is 11.6 Å². The number of nitrogens with zero attached hydrogens (tertiary/aromatic N) is 5. The van der Waals surface area contributed by atoms with Gasteiger partial charge in [-0.1, -0.05) is 18.2 Å². The lowest BCUT2D eigenvalue weighted by molar-refractivity contribution is -0.385. The van der Waals surface area contributed by atoms with Crippen molar-refractivity contribution in [1.29, 1.82) is 0 Å². The maximum atomic E-state index is 12.8. The normalized spacial score (nSPS) is 25.2. The van der Waals surface area contributed by atoms with Gasteiger partial charge in [0.15, 0.2) is 0 Å². The first-order valence-corrected chi connectivity index (χ1v) is 10.0. The van der Waals surface area contributed by atoms with Gasteiger partial charge < -0.3 is 4.74 Å². The summed E-state index contributed by atoms with van der Waals surface area (Å²) in [6, 6.07) is 6.43. The van der Waals surface area contributed by atoms with Crippen LogP contribution in [0.4, 0.5) is 11.4 Å². The molecule has 0 unspecified atom stereocenters. The van der Waals surface area contributed by atoms with Crippen LogP contribution in [0, 0.1) is 43.9 Å². The number of imide groups is 1. The average molecular weight is 449 g/mol. The smallest absolute Gasteiger partial charge is 0.312 e. The van der Waals surface area contributed by atoms with E-state index in [2.05, 4.69) is 10.1 Å². The van der Waals surface area contributed by atoms with Gasteiger partial charge in [-0.2, -0.15) is 10.1 Å². The van der Waals surface area contributed by atoms with Crippen LogP contribution < -0.4 is 4.74 Å². The van der Waals surface area contributed by atoms with E-state index in [0.717, 1.165) is 29.9 Å². The van der Waals surface area contributed by atoms with E-state index in [-0.39, 0.29) is 46.5 Å². The molecule has 5 rings (SSSR count). The lowest BCUT2D eigenvalue weighted by Crippen LogP contribution is -2.28. The zero-order valence-electron chi connectivity index (χ0n) is 16.8. The van der Waals surface area contributed by atoms with Crippen molar-refractivity contribution < 1.29 is 24.2 Å². The summed E-state index contributed by atoms with van der Waals surface area (Å²) >= 11 is 0. The Hall–Kier alpha value is -4.48. The second-order valence-electron chi connectivity index (χ2n) is 7.90. The van der Waals surface area contributed by atoms with Gasteiger partial charge in [-0.05, 0) is 24.3 Å². The first-order chi connectivity index (χ1) is 15.8. The number of hydrazone groups is 1. The van der Waals surface area contributed by atoms with E-state index < -0.39 is 27.4 Å². The number of pyridine rings is 1. The van der Waals surface area contributed by atoms with Gasteiger partial charge in [0.2, 0.25) is 11.6 Å². The van der Waals surface area contributed by atoms with Crippen molar-refractivity contribution in [3.8, 4) is 11.6 Å². The van der Waals surface area contributed by atoms with Crippen LogP contribution in [0.1, 0.15) is 12.0 Å². The van der Waals surface area contributed by atoms with Gasteiger partial charge in [-0.3, -0.25) is 29.8 Å². The summed E-state index contributed by atoms with van der Waals surface area (Å²) in [6.45, 7) is 0. The third-order valence-electron chi connectivity index (χ3n) is 6.12.